The first kappa shape index (κ1) is 23.3. The van der Waals surface area contributed by atoms with Crippen LogP contribution in [-0.4, -0.2) is 32.7 Å². The number of benzene rings is 3. The largest absolute Gasteiger partial charge is 0.494 e. The van der Waals surface area contributed by atoms with Gasteiger partial charge in [-0.3, -0.25) is 4.79 Å². The van der Waals surface area contributed by atoms with Gasteiger partial charge in [-0.15, -0.1) is 0 Å². The number of aromatic nitrogens is 2. The monoisotopic (exact) mass is 476 g/mol. The number of ether oxygens (including phenoxy) is 1. The third-order valence-corrected chi connectivity index (χ3v) is 6.26. The zero-order valence-corrected chi connectivity index (χ0v) is 19.6. The normalized spacial score (nSPS) is 11.9. The summed E-state index contributed by atoms with van der Waals surface area (Å²) < 4.78 is 27.7. The summed E-state index contributed by atoms with van der Waals surface area (Å²) in [5.74, 6) is -2.23. The molecule has 0 aliphatic heterocycles. The Labute approximate surface area is 199 Å². The molecule has 172 valence electrons. The van der Waals surface area contributed by atoms with Gasteiger partial charge in [0, 0.05) is 17.6 Å². The van der Waals surface area contributed by atoms with Crippen molar-refractivity contribution < 1.29 is 23.8 Å². The Morgan fingerprint density at radius 3 is 2.35 bits per heavy atom. The van der Waals surface area contributed by atoms with Gasteiger partial charge in [0.05, 0.1) is 24.4 Å². The minimum atomic E-state index is -1.26. The lowest BCUT2D eigenvalue weighted by molar-refractivity contribution is -0.130. The molecule has 1 aromatic heterocycles. The number of carbonyl (C=O) groups is 2. The average Bonchev–Trinajstić information content (AvgIpc) is 3.28. The summed E-state index contributed by atoms with van der Waals surface area (Å²) in [5, 5.41) is 10.2. The summed E-state index contributed by atoms with van der Waals surface area (Å²) in [6, 6.07) is 14.4. The van der Waals surface area contributed by atoms with Crippen molar-refractivity contribution in [3.63, 3.8) is 0 Å². The van der Waals surface area contributed by atoms with Gasteiger partial charge in [0.25, 0.3) is 0 Å². The van der Waals surface area contributed by atoms with Crippen LogP contribution in [0.25, 0.3) is 16.6 Å². The summed E-state index contributed by atoms with van der Waals surface area (Å²) in [7, 11) is 1.36. The lowest BCUT2D eigenvalue weighted by Gasteiger charge is -2.14. The minimum absolute atomic E-state index is 0.0443. The molecule has 4 aromatic rings. The number of hydrogen-bond donors (Lipinski definition) is 1. The maximum atomic E-state index is 14.4. The zero-order chi connectivity index (χ0) is 24.4. The van der Waals surface area contributed by atoms with Gasteiger partial charge < -0.3 is 9.84 Å². The van der Waals surface area contributed by atoms with Gasteiger partial charge in [0.15, 0.2) is 17.3 Å². The molecule has 0 bridgehead atoms. The van der Waals surface area contributed by atoms with Gasteiger partial charge in [-0.2, -0.15) is 8.75 Å². The Morgan fingerprint density at radius 2 is 1.68 bits per heavy atom. The first-order valence-electron chi connectivity index (χ1n) is 10.4. The highest BCUT2D eigenvalue weighted by molar-refractivity contribution is 7.00. The first-order valence-corrected chi connectivity index (χ1v) is 11.1. The molecule has 34 heavy (non-hydrogen) atoms. The number of carboxylic acids is 1. The Morgan fingerprint density at radius 1 is 0.941 bits per heavy atom. The number of rotatable bonds is 7. The van der Waals surface area contributed by atoms with Gasteiger partial charge in [-0.05, 0) is 66.4 Å². The van der Waals surface area contributed by atoms with Crippen LogP contribution in [0.1, 0.15) is 32.6 Å². The van der Waals surface area contributed by atoms with E-state index in [0.717, 1.165) is 22.9 Å². The summed E-state index contributed by atoms with van der Waals surface area (Å²) in [4.78, 5) is 26.2. The smallest absolute Gasteiger partial charge is 0.336 e. The second-order valence-electron chi connectivity index (χ2n) is 7.90. The molecule has 0 radical (unpaired) electrons. The minimum Gasteiger partial charge on any atom is -0.494 e. The van der Waals surface area contributed by atoms with Crippen LogP contribution in [0.2, 0.25) is 0 Å². The van der Waals surface area contributed by atoms with Gasteiger partial charge in [0.1, 0.15) is 11.0 Å². The number of aryl methyl sites for hydroxylation is 2. The van der Waals surface area contributed by atoms with Crippen LogP contribution < -0.4 is 4.74 Å². The quantitative estimate of drug-likeness (QED) is 0.283. The van der Waals surface area contributed by atoms with E-state index in [1.54, 1.807) is 36.4 Å². The fraction of sp³-hybridized carbons (Fsp3) is 0.154. The molecule has 0 atom stereocenters. The molecule has 0 saturated heterocycles. The number of hydrogen-bond acceptors (Lipinski definition) is 6. The SMILES string of the molecule is COc1ccc(C/C(C(=O)c2ccc(C)c(C)c2)=C(\C(=O)O)c2ccc3nsnc3c2)cc1F. The van der Waals surface area contributed by atoms with E-state index in [-0.39, 0.29) is 23.3 Å². The number of nitrogens with zero attached hydrogens (tertiary/aromatic N) is 2. The van der Waals surface area contributed by atoms with Crippen molar-refractivity contribution in [2.24, 2.45) is 0 Å². The van der Waals surface area contributed by atoms with Crippen molar-refractivity contribution in [3.8, 4) is 5.75 Å². The van der Waals surface area contributed by atoms with Gasteiger partial charge in [-0.1, -0.05) is 24.3 Å². The number of allylic oxidation sites excluding steroid dienone is 1. The van der Waals surface area contributed by atoms with E-state index < -0.39 is 17.6 Å². The molecule has 0 unspecified atom stereocenters. The van der Waals surface area contributed by atoms with E-state index in [2.05, 4.69) is 8.75 Å². The van der Waals surface area contributed by atoms with Crippen LogP contribution in [0.5, 0.6) is 5.75 Å². The Kier molecular flexibility index (Phi) is 6.51. The summed E-state index contributed by atoms with van der Waals surface area (Å²) in [5.41, 5.74) is 4.12. The van der Waals surface area contributed by atoms with Crippen LogP contribution in [-0.2, 0) is 11.2 Å². The Hall–Kier alpha value is -3.91. The van der Waals surface area contributed by atoms with Crippen LogP contribution in [0, 0.1) is 19.7 Å². The second kappa shape index (κ2) is 9.52. The van der Waals surface area contributed by atoms with E-state index in [1.807, 2.05) is 19.9 Å². The fourth-order valence-electron chi connectivity index (χ4n) is 3.73. The maximum absolute atomic E-state index is 14.4. The number of carbonyl (C=O) groups excluding carboxylic acids is 1. The lowest BCUT2D eigenvalue weighted by Crippen LogP contribution is -2.14. The van der Waals surface area contributed by atoms with Crippen molar-refractivity contribution in [1.82, 2.24) is 8.75 Å². The van der Waals surface area contributed by atoms with Crippen LogP contribution >= 0.6 is 11.7 Å². The standard InChI is InChI=1S/C26H21FN2O4S/c1-14-4-6-18(10-15(14)2)25(30)19(11-16-5-9-23(33-3)20(27)12-16)24(26(31)32)17-7-8-21-22(13-17)29-34-28-21/h4-10,12-13H,11H2,1-3H3,(H,31,32)/b24-19+. The lowest BCUT2D eigenvalue weighted by atomic mass is 9.88. The molecule has 8 heteroatoms. The Balaban J connectivity index is 1.92. The van der Waals surface area contributed by atoms with Gasteiger partial charge in [-0.25, -0.2) is 9.18 Å². The third kappa shape index (κ3) is 4.58. The zero-order valence-electron chi connectivity index (χ0n) is 18.8. The van der Waals surface area contributed by atoms with Crippen LogP contribution in [0.4, 0.5) is 4.39 Å². The molecular formula is C26H21FN2O4S. The molecule has 4 rings (SSSR count). The molecule has 1 N–H and O–H groups in total. The topological polar surface area (TPSA) is 89.4 Å². The number of methoxy groups -OCH3 is 1. The molecule has 0 aliphatic rings. The fourth-order valence-corrected chi connectivity index (χ4v) is 4.24. The van der Waals surface area contributed by atoms with E-state index >= 15 is 0 Å². The number of fused-ring (bicyclic) bond motifs is 1. The van der Waals surface area contributed by atoms with E-state index in [4.69, 9.17) is 4.74 Å². The molecule has 0 aliphatic carbocycles. The highest BCUT2D eigenvalue weighted by Gasteiger charge is 2.25. The van der Waals surface area contributed by atoms with Crippen molar-refractivity contribution in [2.45, 2.75) is 20.3 Å². The molecule has 6 nitrogen and oxygen atoms in total. The highest BCUT2D eigenvalue weighted by atomic mass is 32.1. The van der Waals surface area contributed by atoms with Crippen molar-refractivity contribution >= 4 is 40.1 Å². The highest BCUT2D eigenvalue weighted by Crippen LogP contribution is 2.29. The van der Waals surface area contributed by atoms with Crippen LogP contribution in [0.3, 0.4) is 0 Å². The predicted octanol–water partition coefficient (Wildman–Crippen LogP) is 5.42. The number of halogens is 1. The van der Waals surface area contributed by atoms with E-state index in [9.17, 15) is 19.1 Å². The number of Topliss-reactive ketones (excluding diaryl/α,β-unsaturated/α-hetero) is 1. The molecule has 0 spiro atoms. The predicted molar refractivity (Wildman–Crippen MR) is 129 cm³/mol. The summed E-state index contributed by atoms with van der Waals surface area (Å²) in [6.07, 6.45) is -0.0817. The molecule has 1 heterocycles. The average molecular weight is 477 g/mol. The van der Waals surface area contributed by atoms with Crippen molar-refractivity contribution in [1.29, 1.82) is 0 Å². The van der Waals surface area contributed by atoms with E-state index in [0.29, 0.717) is 27.7 Å². The Bertz CT molecular complexity index is 1460. The number of ketones is 1. The number of carboxylic acid groups (broad SMARTS) is 1. The third-order valence-electron chi connectivity index (χ3n) is 5.70. The molecule has 0 saturated carbocycles. The number of aliphatic carboxylic acids is 1. The maximum Gasteiger partial charge on any atom is 0.336 e. The summed E-state index contributed by atoms with van der Waals surface area (Å²) >= 11 is 1.02. The van der Waals surface area contributed by atoms with Crippen molar-refractivity contribution in [2.75, 3.05) is 7.11 Å². The summed E-state index contributed by atoms with van der Waals surface area (Å²) in [6.45, 7) is 3.82. The second-order valence-corrected chi connectivity index (χ2v) is 8.43. The molecular weight excluding hydrogens is 455 g/mol. The van der Waals surface area contributed by atoms with Gasteiger partial charge in [0.2, 0.25) is 0 Å². The van der Waals surface area contributed by atoms with Crippen LogP contribution in [0.15, 0.2) is 60.2 Å². The molecule has 0 amide bonds. The molecule has 3 aromatic carbocycles. The molecule has 0 fully saturated rings. The van der Waals surface area contributed by atoms with E-state index in [1.165, 1.54) is 19.2 Å². The first-order chi connectivity index (χ1) is 16.3. The van der Waals surface area contributed by atoms with Crippen molar-refractivity contribution in [3.05, 3.63) is 93.8 Å². The van der Waals surface area contributed by atoms with Gasteiger partial charge >= 0.3 is 5.97 Å².